The Balaban J connectivity index is 2.40. The van der Waals surface area contributed by atoms with Crippen molar-refractivity contribution in [3.05, 3.63) is 45.9 Å². The van der Waals surface area contributed by atoms with Crippen LogP contribution in [-0.4, -0.2) is 16.7 Å². The number of rotatable bonds is 2. The van der Waals surface area contributed by atoms with E-state index in [1.807, 2.05) is 25.1 Å². The average Bonchev–Trinajstić information content (AvgIpc) is 2.79. The van der Waals surface area contributed by atoms with Gasteiger partial charge in [-0.15, -0.1) is 0 Å². The quantitative estimate of drug-likeness (QED) is 0.768. The van der Waals surface area contributed by atoms with E-state index >= 15 is 0 Å². The van der Waals surface area contributed by atoms with E-state index in [2.05, 4.69) is 4.98 Å². The number of para-hydroxylation sites is 1. The predicted octanol–water partition coefficient (Wildman–Crippen LogP) is 4.23. The molecule has 4 nitrogen and oxygen atoms in total. The Morgan fingerprint density at radius 2 is 1.95 bits per heavy atom. The Labute approximate surface area is 132 Å². The van der Waals surface area contributed by atoms with Crippen LogP contribution in [-0.2, 0) is 0 Å². The molecule has 0 fully saturated rings. The van der Waals surface area contributed by atoms with Crippen molar-refractivity contribution < 1.29 is 4.74 Å². The maximum absolute atomic E-state index is 6.31. The molecule has 1 heterocycles. The number of nitrogen functional groups attached to an aromatic ring is 1. The number of methoxy groups -OCH3 is 1. The summed E-state index contributed by atoms with van der Waals surface area (Å²) in [6.45, 7) is 1.92. The largest absolute Gasteiger partial charge is 0.495 e. The minimum absolute atomic E-state index is 0.345. The van der Waals surface area contributed by atoms with Crippen molar-refractivity contribution in [2.75, 3.05) is 12.8 Å². The molecule has 0 aliphatic heterocycles. The van der Waals surface area contributed by atoms with Gasteiger partial charge in [-0.2, -0.15) is 0 Å². The van der Waals surface area contributed by atoms with E-state index in [4.69, 9.17) is 33.7 Å². The monoisotopic (exact) mass is 321 g/mol. The highest BCUT2D eigenvalue weighted by molar-refractivity contribution is 6.35. The van der Waals surface area contributed by atoms with Crippen molar-refractivity contribution in [1.82, 2.24) is 9.55 Å². The van der Waals surface area contributed by atoms with Gasteiger partial charge in [0, 0.05) is 11.1 Å². The van der Waals surface area contributed by atoms with Crippen LogP contribution in [0.25, 0.3) is 16.7 Å². The van der Waals surface area contributed by atoms with Gasteiger partial charge in [-0.05, 0) is 30.7 Å². The van der Waals surface area contributed by atoms with Gasteiger partial charge in [0.1, 0.15) is 5.75 Å². The van der Waals surface area contributed by atoms with Gasteiger partial charge in [0.05, 0.1) is 28.9 Å². The van der Waals surface area contributed by atoms with Crippen LogP contribution in [0.5, 0.6) is 5.75 Å². The normalized spacial score (nSPS) is 11.0. The van der Waals surface area contributed by atoms with Gasteiger partial charge in [0.2, 0.25) is 5.95 Å². The SMILES string of the molecule is COc1cc(Cl)c(C)cc1-n1c(N)nc2cccc(Cl)c21. The molecular formula is C15H13Cl2N3O. The molecule has 1 aromatic heterocycles. The highest BCUT2D eigenvalue weighted by Gasteiger charge is 2.17. The summed E-state index contributed by atoms with van der Waals surface area (Å²) in [5, 5.41) is 1.20. The number of ether oxygens (including phenoxy) is 1. The molecule has 0 aliphatic carbocycles. The molecule has 3 rings (SSSR count). The summed E-state index contributed by atoms with van der Waals surface area (Å²) >= 11 is 12.5. The van der Waals surface area contributed by atoms with Crippen LogP contribution < -0.4 is 10.5 Å². The molecule has 0 saturated carbocycles. The summed E-state index contributed by atoms with van der Waals surface area (Å²) in [5.41, 5.74) is 9.22. The van der Waals surface area contributed by atoms with E-state index in [0.717, 1.165) is 22.3 Å². The summed E-state index contributed by atoms with van der Waals surface area (Å²) in [6, 6.07) is 9.17. The van der Waals surface area contributed by atoms with Crippen LogP contribution in [0.2, 0.25) is 10.0 Å². The van der Waals surface area contributed by atoms with Crippen LogP contribution in [0.4, 0.5) is 5.95 Å². The van der Waals surface area contributed by atoms with Gasteiger partial charge in [0.25, 0.3) is 0 Å². The molecule has 0 aliphatic rings. The number of imidazole rings is 1. The number of halogens is 2. The fourth-order valence-corrected chi connectivity index (χ4v) is 2.74. The number of anilines is 1. The minimum atomic E-state index is 0.345. The highest BCUT2D eigenvalue weighted by Crippen LogP contribution is 2.35. The second-order valence-corrected chi connectivity index (χ2v) is 5.50. The third kappa shape index (κ3) is 2.20. The first-order valence-corrected chi connectivity index (χ1v) is 7.05. The summed E-state index contributed by atoms with van der Waals surface area (Å²) in [7, 11) is 1.58. The van der Waals surface area contributed by atoms with Gasteiger partial charge in [-0.3, -0.25) is 4.57 Å². The van der Waals surface area contributed by atoms with Crippen molar-refractivity contribution in [3.8, 4) is 11.4 Å². The van der Waals surface area contributed by atoms with E-state index in [0.29, 0.717) is 21.7 Å². The Hall–Kier alpha value is -1.91. The average molecular weight is 322 g/mol. The van der Waals surface area contributed by atoms with Crippen molar-refractivity contribution in [1.29, 1.82) is 0 Å². The maximum atomic E-state index is 6.31. The molecular weight excluding hydrogens is 309 g/mol. The Bertz CT molecular complexity index is 843. The van der Waals surface area contributed by atoms with E-state index in [1.165, 1.54) is 0 Å². The first-order valence-electron chi connectivity index (χ1n) is 6.30. The highest BCUT2D eigenvalue weighted by atomic mass is 35.5. The van der Waals surface area contributed by atoms with Crippen LogP contribution in [0.1, 0.15) is 5.56 Å². The lowest BCUT2D eigenvalue weighted by Gasteiger charge is -2.14. The number of benzene rings is 2. The van der Waals surface area contributed by atoms with Gasteiger partial charge in [-0.1, -0.05) is 29.3 Å². The lowest BCUT2D eigenvalue weighted by atomic mass is 10.2. The van der Waals surface area contributed by atoms with Crippen LogP contribution in [0.3, 0.4) is 0 Å². The van der Waals surface area contributed by atoms with Crippen LogP contribution >= 0.6 is 23.2 Å². The molecule has 3 aromatic rings. The minimum Gasteiger partial charge on any atom is -0.495 e. The third-order valence-corrected chi connectivity index (χ3v) is 4.07. The fraction of sp³-hybridized carbons (Fsp3) is 0.133. The maximum Gasteiger partial charge on any atom is 0.206 e. The van der Waals surface area contributed by atoms with E-state index < -0.39 is 0 Å². The van der Waals surface area contributed by atoms with Gasteiger partial charge in [-0.25, -0.2) is 4.98 Å². The lowest BCUT2D eigenvalue weighted by Crippen LogP contribution is -2.03. The van der Waals surface area contributed by atoms with Crippen molar-refractivity contribution in [2.45, 2.75) is 6.92 Å². The molecule has 0 radical (unpaired) electrons. The molecule has 0 spiro atoms. The Morgan fingerprint density at radius 1 is 1.19 bits per heavy atom. The summed E-state index contributed by atoms with van der Waals surface area (Å²) in [6.07, 6.45) is 0. The van der Waals surface area contributed by atoms with E-state index in [-0.39, 0.29) is 0 Å². The summed E-state index contributed by atoms with van der Waals surface area (Å²) in [5.74, 6) is 0.953. The molecule has 0 atom stereocenters. The number of hydrogen-bond donors (Lipinski definition) is 1. The van der Waals surface area contributed by atoms with Crippen LogP contribution in [0, 0.1) is 6.92 Å². The number of hydrogen-bond acceptors (Lipinski definition) is 3. The molecule has 21 heavy (non-hydrogen) atoms. The number of aryl methyl sites for hydroxylation is 1. The topological polar surface area (TPSA) is 53.1 Å². The molecule has 0 unspecified atom stereocenters. The molecule has 2 N–H and O–H groups in total. The zero-order valence-corrected chi connectivity index (χ0v) is 13.0. The number of fused-ring (bicyclic) bond motifs is 1. The smallest absolute Gasteiger partial charge is 0.206 e. The Morgan fingerprint density at radius 3 is 2.67 bits per heavy atom. The van der Waals surface area contributed by atoms with E-state index in [9.17, 15) is 0 Å². The standard InChI is InChI=1S/C15H13Cl2N3O/c1-8-6-12(13(21-2)7-10(8)17)20-14-9(16)4-3-5-11(14)19-15(20)18/h3-7H,1-2H3,(H2,18,19). The molecule has 108 valence electrons. The van der Waals surface area contributed by atoms with Crippen molar-refractivity contribution in [2.24, 2.45) is 0 Å². The van der Waals surface area contributed by atoms with Crippen molar-refractivity contribution in [3.63, 3.8) is 0 Å². The molecule has 0 bridgehead atoms. The molecule has 0 amide bonds. The lowest BCUT2D eigenvalue weighted by molar-refractivity contribution is 0.413. The molecule has 0 saturated heterocycles. The zero-order chi connectivity index (χ0) is 15.1. The van der Waals surface area contributed by atoms with Gasteiger partial charge >= 0.3 is 0 Å². The predicted molar refractivity (Wildman–Crippen MR) is 86.8 cm³/mol. The van der Waals surface area contributed by atoms with Gasteiger partial charge < -0.3 is 10.5 Å². The summed E-state index contributed by atoms with van der Waals surface area (Å²) in [4.78, 5) is 4.35. The molecule has 6 heteroatoms. The van der Waals surface area contributed by atoms with Gasteiger partial charge in [0.15, 0.2) is 0 Å². The first kappa shape index (κ1) is 14.0. The van der Waals surface area contributed by atoms with Crippen molar-refractivity contribution >= 4 is 40.2 Å². The number of aromatic nitrogens is 2. The van der Waals surface area contributed by atoms with Crippen LogP contribution in [0.15, 0.2) is 30.3 Å². The third-order valence-electron chi connectivity index (χ3n) is 3.35. The number of nitrogens with two attached hydrogens (primary N) is 1. The second kappa shape index (κ2) is 5.13. The second-order valence-electron chi connectivity index (χ2n) is 4.69. The fourth-order valence-electron chi connectivity index (χ4n) is 2.33. The zero-order valence-electron chi connectivity index (χ0n) is 11.5. The first-order chi connectivity index (χ1) is 10.0. The van der Waals surface area contributed by atoms with E-state index in [1.54, 1.807) is 23.8 Å². The summed E-state index contributed by atoms with van der Waals surface area (Å²) < 4.78 is 7.19. The Kier molecular flexibility index (Phi) is 3.43. The molecule has 2 aromatic carbocycles. The number of nitrogens with zero attached hydrogens (tertiary/aromatic N) is 2.